The molecule has 2 aromatic carbocycles. The Kier molecular flexibility index (Phi) is 5.74. The molecule has 0 heterocycles. The topological polar surface area (TPSA) is 38.3 Å². The van der Waals surface area contributed by atoms with Crippen LogP contribution in [0.2, 0.25) is 5.02 Å². The quantitative estimate of drug-likeness (QED) is 0.877. The van der Waals surface area contributed by atoms with Crippen molar-refractivity contribution in [3.63, 3.8) is 0 Å². The smallest absolute Gasteiger partial charge is 0.251 e. The Morgan fingerprint density at radius 2 is 2.00 bits per heavy atom. The van der Waals surface area contributed by atoms with Gasteiger partial charge < -0.3 is 10.1 Å². The van der Waals surface area contributed by atoms with Crippen LogP contribution in [0, 0.1) is 5.82 Å². The number of hydrogen-bond acceptors (Lipinski definition) is 2. The monoisotopic (exact) mass is 335 g/mol. The summed E-state index contributed by atoms with van der Waals surface area (Å²) in [6.45, 7) is 4.13. The molecule has 0 aliphatic rings. The van der Waals surface area contributed by atoms with Crippen molar-refractivity contribution in [3.05, 3.63) is 58.4 Å². The average Bonchev–Trinajstić information content (AvgIpc) is 2.50. The molecule has 1 N–H and O–H groups in total. The highest BCUT2D eigenvalue weighted by Gasteiger charge is 2.13. The Morgan fingerprint density at radius 1 is 1.26 bits per heavy atom. The van der Waals surface area contributed by atoms with Crippen LogP contribution in [0.25, 0.3) is 11.1 Å². The maximum Gasteiger partial charge on any atom is 0.251 e. The number of carbonyl (C=O) groups excluding carboxylic acids is 1. The molecule has 0 atom stereocenters. The first-order chi connectivity index (χ1) is 10.9. The highest BCUT2D eigenvalue weighted by atomic mass is 35.5. The summed E-state index contributed by atoms with van der Waals surface area (Å²) >= 11 is 5.73. The Balaban J connectivity index is 2.43. The summed E-state index contributed by atoms with van der Waals surface area (Å²) in [4.78, 5) is 12.1. The number of amides is 1. The highest BCUT2D eigenvalue weighted by molar-refractivity contribution is 6.30. The predicted molar refractivity (Wildman–Crippen MR) is 90.2 cm³/mol. The van der Waals surface area contributed by atoms with Crippen molar-refractivity contribution in [3.8, 4) is 11.1 Å². The number of hydrogen-bond donors (Lipinski definition) is 1. The van der Waals surface area contributed by atoms with Gasteiger partial charge in [-0.1, -0.05) is 23.7 Å². The lowest BCUT2D eigenvalue weighted by atomic mass is 9.97. The Labute approximate surface area is 140 Å². The van der Waals surface area contributed by atoms with E-state index >= 15 is 0 Å². The fraction of sp³-hybridized carbons (Fsp3) is 0.278. The molecule has 23 heavy (non-hydrogen) atoms. The van der Waals surface area contributed by atoms with Crippen LogP contribution in [-0.4, -0.2) is 19.1 Å². The SMILES string of the molecule is COCc1cc(C(=O)NC(C)C)ccc1-c1ccc(Cl)c(F)c1. The maximum absolute atomic E-state index is 13.7. The second-order valence-corrected chi connectivity index (χ2v) is 5.97. The maximum atomic E-state index is 13.7. The fourth-order valence-electron chi connectivity index (χ4n) is 2.30. The summed E-state index contributed by atoms with van der Waals surface area (Å²) in [6.07, 6.45) is 0. The second kappa shape index (κ2) is 7.57. The van der Waals surface area contributed by atoms with E-state index in [4.69, 9.17) is 16.3 Å². The Morgan fingerprint density at radius 3 is 2.61 bits per heavy atom. The van der Waals surface area contributed by atoms with Gasteiger partial charge in [0.1, 0.15) is 5.82 Å². The van der Waals surface area contributed by atoms with Crippen LogP contribution in [0.15, 0.2) is 36.4 Å². The molecule has 0 aromatic heterocycles. The molecule has 2 aromatic rings. The summed E-state index contributed by atoms with van der Waals surface area (Å²) in [5.74, 6) is -0.625. The molecule has 0 radical (unpaired) electrons. The first kappa shape index (κ1) is 17.4. The van der Waals surface area contributed by atoms with Crippen LogP contribution >= 0.6 is 11.6 Å². The van der Waals surface area contributed by atoms with Gasteiger partial charge in [0.05, 0.1) is 11.6 Å². The number of halogens is 2. The van der Waals surface area contributed by atoms with Gasteiger partial charge in [-0.15, -0.1) is 0 Å². The van der Waals surface area contributed by atoms with Gasteiger partial charge in [0.2, 0.25) is 0 Å². The van der Waals surface area contributed by atoms with Gasteiger partial charge in [-0.2, -0.15) is 0 Å². The minimum Gasteiger partial charge on any atom is -0.380 e. The molecule has 0 saturated carbocycles. The van der Waals surface area contributed by atoms with E-state index in [2.05, 4.69) is 5.32 Å². The average molecular weight is 336 g/mol. The lowest BCUT2D eigenvalue weighted by Gasteiger charge is -2.13. The van der Waals surface area contributed by atoms with Crippen LogP contribution in [-0.2, 0) is 11.3 Å². The van der Waals surface area contributed by atoms with Gasteiger partial charge in [0.25, 0.3) is 5.91 Å². The first-order valence-corrected chi connectivity index (χ1v) is 7.68. The molecule has 0 fully saturated rings. The van der Waals surface area contributed by atoms with Crippen molar-refractivity contribution in [2.45, 2.75) is 26.5 Å². The van der Waals surface area contributed by atoms with E-state index in [-0.39, 0.29) is 17.0 Å². The third kappa shape index (κ3) is 4.30. The zero-order chi connectivity index (χ0) is 17.0. The third-order valence-corrected chi connectivity index (χ3v) is 3.62. The summed E-state index contributed by atoms with van der Waals surface area (Å²) in [5.41, 5.74) is 2.85. The summed E-state index contributed by atoms with van der Waals surface area (Å²) < 4.78 is 18.9. The number of benzene rings is 2. The van der Waals surface area contributed by atoms with E-state index in [9.17, 15) is 9.18 Å². The number of carbonyl (C=O) groups is 1. The fourth-order valence-corrected chi connectivity index (χ4v) is 2.42. The number of methoxy groups -OCH3 is 1. The molecule has 0 saturated heterocycles. The van der Waals surface area contributed by atoms with Crippen molar-refractivity contribution < 1.29 is 13.9 Å². The molecule has 2 rings (SSSR count). The molecule has 5 heteroatoms. The van der Waals surface area contributed by atoms with Gasteiger partial charge in [0, 0.05) is 18.7 Å². The van der Waals surface area contributed by atoms with Crippen LogP contribution in [0.5, 0.6) is 0 Å². The zero-order valence-electron chi connectivity index (χ0n) is 13.3. The normalized spacial score (nSPS) is 10.9. The second-order valence-electron chi connectivity index (χ2n) is 5.56. The minimum atomic E-state index is -0.478. The molecule has 122 valence electrons. The molecule has 0 spiro atoms. The lowest BCUT2D eigenvalue weighted by Crippen LogP contribution is -2.30. The molecular formula is C18H19ClFNO2. The third-order valence-electron chi connectivity index (χ3n) is 3.32. The number of nitrogens with one attached hydrogen (secondary N) is 1. The van der Waals surface area contributed by atoms with Gasteiger partial charge >= 0.3 is 0 Å². The Bertz CT molecular complexity index is 716. The zero-order valence-corrected chi connectivity index (χ0v) is 14.1. The van der Waals surface area contributed by atoms with Crippen molar-refractivity contribution in [1.29, 1.82) is 0 Å². The number of ether oxygens (including phenoxy) is 1. The molecule has 0 aliphatic heterocycles. The van der Waals surface area contributed by atoms with E-state index in [0.29, 0.717) is 17.7 Å². The summed E-state index contributed by atoms with van der Waals surface area (Å²) in [5, 5.41) is 2.93. The van der Waals surface area contributed by atoms with Gasteiger partial charge in [-0.3, -0.25) is 4.79 Å². The molecular weight excluding hydrogens is 317 g/mol. The van der Waals surface area contributed by atoms with Crippen LogP contribution < -0.4 is 5.32 Å². The van der Waals surface area contributed by atoms with Gasteiger partial charge in [-0.25, -0.2) is 4.39 Å². The van der Waals surface area contributed by atoms with Gasteiger partial charge in [-0.05, 0) is 54.8 Å². The summed E-state index contributed by atoms with van der Waals surface area (Å²) in [7, 11) is 1.58. The van der Waals surface area contributed by atoms with Crippen molar-refractivity contribution in [2.24, 2.45) is 0 Å². The largest absolute Gasteiger partial charge is 0.380 e. The lowest BCUT2D eigenvalue weighted by molar-refractivity contribution is 0.0943. The molecule has 3 nitrogen and oxygen atoms in total. The van der Waals surface area contributed by atoms with Gasteiger partial charge in [0.15, 0.2) is 0 Å². The predicted octanol–water partition coefficient (Wildman–Crippen LogP) is 4.43. The van der Waals surface area contributed by atoms with E-state index in [1.807, 2.05) is 13.8 Å². The van der Waals surface area contributed by atoms with Crippen LogP contribution in [0.3, 0.4) is 0 Å². The minimum absolute atomic E-state index is 0.0541. The van der Waals surface area contributed by atoms with E-state index in [0.717, 1.165) is 11.1 Å². The molecule has 0 unspecified atom stereocenters. The first-order valence-electron chi connectivity index (χ1n) is 7.30. The van der Waals surface area contributed by atoms with Crippen molar-refractivity contribution in [1.82, 2.24) is 5.32 Å². The van der Waals surface area contributed by atoms with Crippen molar-refractivity contribution >= 4 is 17.5 Å². The molecule has 1 amide bonds. The van der Waals surface area contributed by atoms with Crippen LogP contribution in [0.4, 0.5) is 4.39 Å². The van der Waals surface area contributed by atoms with E-state index < -0.39 is 5.82 Å². The van der Waals surface area contributed by atoms with E-state index in [1.54, 1.807) is 31.4 Å². The summed E-state index contributed by atoms with van der Waals surface area (Å²) in [6, 6.07) is 9.98. The molecule has 0 aliphatic carbocycles. The highest BCUT2D eigenvalue weighted by Crippen LogP contribution is 2.28. The standard InChI is InChI=1S/C18H19ClFNO2/c1-11(2)21-18(22)13-4-6-15(14(8-13)10-23-3)12-5-7-16(19)17(20)9-12/h4-9,11H,10H2,1-3H3,(H,21,22). The van der Waals surface area contributed by atoms with Crippen LogP contribution in [0.1, 0.15) is 29.8 Å². The number of rotatable bonds is 5. The van der Waals surface area contributed by atoms with E-state index in [1.165, 1.54) is 12.1 Å². The van der Waals surface area contributed by atoms with Crippen molar-refractivity contribution in [2.75, 3.05) is 7.11 Å². The Hall–Kier alpha value is -1.91. The molecule has 0 bridgehead atoms.